The number of hydrogen-bond acceptors (Lipinski definition) is 3. The van der Waals surface area contributed by atoms with Crippen LogP contribution in [0.2, 0.25) is 0 Å². The Morgan fingerprint density at radius 2 is 1.89 bits per heavy atom. The van der Waals surface area contributed by atoms with E-state index < -0.39 is 37.1 Å². The number of amides is 3. The third-order valence-corrected chi connectivity index (χ3v) is 2.12. The van der Waals surface area contributed by atoms with Gasteiger partial charge < -0.3 is 21.5 Å². The van der Waals surface area contributed by atoms with Gasteiger partial charge in [0, 0.05) is 6.54 Å². The number of primary amides is 1. The highest BCUT2D eigenvalue weighted by molar-refractivity contribution is 5.86. The lowest BCUT2D eigenvalue weighted by atomic mass is 10.0. The van der Waals surface area contributed by atoms with Crippen molar-refractivity contribution in [2.45, 2.75) is 38.8 Å². The molecule has 0 aliphatic heterocycles. The lowest BCUT2D eigenvalue weighted by molar-refractivity contribution is -0.124. The van der Waals surface area contributed by atoms with Crippen LogP contribution in [0, 0.1) is 5.92 Å². The van der Waals surface area contributed by atoms with E-state index in [9.17, 15) is 18.4 Å². The van der Waals surface area contributed by atoms with Crippen LogP contribution in [-0.4, -0.2) is 42.2 Å². The van der Waals surface area contributed by atoms with E-state index in [1.54, 1.807) is 0 Å². The van der Waals surface area contributed by atoms with Gasteiger partial charge in [0.25, 0.3) is 6.43 Å². The van der Waals surface area contributed by atoms with Crippen molar-refractivity contribution in [1.82, 2.24) is 10.6 Å². The summed E-state index contributed by atoms with van der Waals surface area (Å²) in [5.74, 6) is -0.546. The Hall–Kier alpha value is -1.44. The standard InChI is InChI=1S/C10H19F2N3O3/c1-5(2)3-6(15-10(13)18)9(17)14-4-7(16)8(11)12/h5-8,16H,3-4H2,1-2H3,(H,14,17)(H3,13,15,18). The summed E-state index contributed by atoms with van der Waals surface area (Å²) in [4.78, 5) is 22.3. The average Bonchev–Trinajstić information content (AvgIpc) is 2.22. The first-order chi connectivity index (χ1) is 8.23. The quantitative estimate of drug-likeness (QED) is 0.514. The molecule has 0 radical (unpaired) electrons. The highest BCUT2D eigenvalue weighted by Crippen LogP contribution is 2.05. The zero-order valence-electron chi connectivity index (χ0n) is 10.3. The molecular formula is C10H19F2N3O3. The van der Waals surface area contributed by atoms with Crippen LogP contribution in [0.4, 0.5) is 13.6 Å². The van der Waals surface area contributed by atoms with Gasteiger partial charge >= 0.3 is 6.03 Å². The van der Waals surface area contributed by atoms with Crippen LogP contribution < -0.4 is 16.4 Å². The summed E-state index contributed by atoms with van der Waals surface area (Å²) in [5.41, 5.74) is 4.91. The van der Waals surface area contributed by atoms with Gasteiger partial charge in [0.1, 0.15) is 12.1 Å². The molecule has 0 saturated carbocycles. The Bertz CT molecular complexity index is 288. The second-order valence-corrected chi connectivity index (χ2v) is 4.34. The van der Waals surface area contributed by atoms with Crippen LogP contribution in [0.25, 0.3) is 0 Å². The van der Waals surface area contributed by atoms with E-state index in [1.807, 2.05) is 13.8 Å². The van der Waals surface area contributed by atoms with E-state index in [0.717, 1.165) is 0 Å². The first kappa shape index (κ1) is 16.6. The van der Waals surface area contributed by atoms with Gasteiger partial charge in [0.15, 0.2) is 0 Å². The number of carbonyl (C=O) groups is 2. The molecule has 2 atom stereocenters. The molecule has 3 amide bonds. The minimum Gasteiger partial charge on any atom is -0.385 e. The molecule has 106 valence electrons. The van der Waals surface area contributed by atoms with Gasteiger partial charge in [-0.05, 0) is 12.3 Å². The van der Waals surface area contributed by atoms with E-state index in [1.165, 1.54) is 0 Å². The van der Waals surface area contributed by atoms with Crippen molar-refractivity contribution < 1.29 is 23.5 Å². The monoisotopic (exact) mass is 267 g/mol. The number of nitrogens with two attached hydrogens (primary N) is 1. The van der Waals surface area contributed by atoms with Crippen LogP contribution in [-0.2, 0) is 4.79 Å². The third kappa shape index (κ3) is 7.00. The van der Waals surface area contributed by atoms with Gasteiger partial charge in [-0.2, -0.15) is 0 Å². The van der Waals surface area contributed by atoms with Crippen molar-refractivity contribution in [3.8, 4) is 0 Å². The lowest BCUT2D eigenvalue weighted by Crippen LogP contribution is -2.50. The number of alkyl halides is 2. The van der Waals surface area contributed by atoms with Gasteiger partial charge in [0.05, 0.1) is 0 Å². The fourth-order valence-corrected chi connectivity index (χ4v) is 1.29. The van der Waals surface area contributed by atoms with Crippen LogP contribution in [0.5, 0.6) is 0 Å². The van der Waals surface area contributed by atoms with Gasteiger partial charge in [-0.25, -0.2) is 13.6 Å². The molecule has 0 spiro atoms. The highest BCUT2D eigenvalue weighted by Gasteiger charge is 2.23. The number of halogens is 2. The molecule has 8 heteroatoms. The Kier molecular flexibility index (Phi) is 7.18. The number of hydrogen-bond donors (Lipinski definition) is 4. The molecule has 0 aromatic heterocycles. The van der Waals surface area contributed by atoms with E-state index >= 15 is 0 Å². The zero-order valence-corrected chi connectivity index (χ0v) is 10.3. The topological polar surface area (TPSA) is 104 Å². The van der Waals surface area contributed by atoms with Crippen molar-refractivity contribution in [1.29, 1.82) is 0 Å². The van der Waals surface area contributed by atoms with E-state index in [4.69, 9.17) is 10.8 Å². The Labute approximate surface area is 104 Å². The van der Waals surface area contributed by atoms with Gasteiger partial charge in [0.2, 0.25) is 5.91 Å². The minimum atomic E-state index is -2.93. The maximum absolute atomic E-state index is 12.0. The van der Waals surface area contributed by atoms with E-state index in [-0.39, 0.29) is 5.92 Å². The second kappa shape index (κ2) is 7.80. The molecule has 0 aliphatic rings. The normalized spacial score (nSPS) is 14.4. The van der Waals surface area contributed by atoms with E-state index in [0.29, 0.717) is 6.42 Å². The Balaban J connectivity index is 4.33. The largest absolute Gasteiger partial charge is 0.385 e. The van der Waals surface area contributed by atoms with Crippen molar-refractivity contribution in [2.24, 2.45) is 11.7 Å². The molecular weight excluding hydrogens is 248 g/mol. The first-order valence-electron chi connectivity index (χ1n) is 5.54. The fourth-order valence-electron chi connectivity index (χ4n) is 1.29. The molecule has 0 aromatic carbocycles. The lowest BCUT2D eigenvalue weighted by Gasteiger charge is -2.20. The number of aliphatic hydroxyl groups is 1. The summed E-state index contributed by atoms with van der Waals surface area (Å²) < 4.78 is 24.0. The smallest absolute Gasteiger partial charge is 0.312 e. The number of rotatable bonds is 7. The molecule has 0 aliphatic carbocycles. The van der Waals surface area contributed by atoms with Crippen LogP contribution in [0.3, 0.4) is 0 Å². The minimum absolute atomic E-state index is 0.104. The fraction of sp³-hybridized carbons (Fsp3) is 0.800. The zero-order chi connectivity index (χ0) is 14.3. The van der Waals surface area contributed by atoms with Crippen molar-refractivity contribution in [3.05, 3.63) is 0 Å². The van der Waals surface area contributed by atoms with Crippen molar-refractivity contribution in [3.63, 3.8) is 0 Å². The summed E-state index contributed by atoms with van der Waals surface area (Å²) in [6, 6.07) is -1.77. The van der Waals surface area contributed by atoms with Crippen LogP contribution in [0.1, 0.15) is 20.3 Å². The van der Waals surface area contributed by atoms with Crippen molar-refractivity contribution in [2.75, 3.05) is 6.54 Å². The maximum atomic E-state index is 12.0. The molecule has 0 aromatic rings. The van der Waals surface area contributed by atoms with Crippen molar-refractivity contribution >= 4 is 11.9 Å². The van der Waals surface area contributed by atoms with Gasteiger partial charge in [-0.15, -0.1) is 0 Å². The van der Waals surface area contributed by atoms with Crippen LogP contribution in [0.15, 0.2) is 0 Å². The maximum Gasteiger partial charge on any atom is 0.312 e. The predicted octanol–water partition coefficient (Wildman–Crippen LogP) is -0.188. The third-order valence-electron chi connectivity index (χ3n) is 2.12. The molecule has 2 unspecified atom stereocenters. The molecule has 0 bridgehead atoms. The van der Waals surface area contributed by atoms with Gasteiger partial charge in [-0.3, -0.25) is 4.79 Å². The molecule has 0 rings (SSSR count). The highest BCUT2D eigenvalue weighted by atomic mass is 19.3. The summed E-state index contributed by atoms with van der Waals surface area (Å²) in [7, 11) is 0. The molecule has 0 fully saturated rings. The van der Waals surface area contributed by atoms with Gasteiger partial charge in [-0.1, -0.05) is 13.8 Å². The molecule has 0 heterocycles. The molecule has 0 saturated heterocycles. The Morgan fingerprint density at radius 1 is 1.33 bits per heavy atom. The number of urea groups is 1. The average molecular weight is 267 g/mol. The predicted molar refractivity (Wildman–Crippen MR) is 61.0 cm³/mol. The molecule has 18 heavy (non-hydrogen) atoms. The number of aliphatic hydroxyl groups excluding tert-OH is 1. The first-order valence-corrected chi connectivity index (χ1v) is 5.54. The molecule has 6 nitrogen and oxygen atoms in total. The number of nitrogens with one attached hydrogen (secondary N) is 2. The SMILES string of the molecule is CC(C)CC(NC(N)=O)C(=O)NCC(O)C(F)F. The molecule has 5 N–H and O–H groups in total. The summed E-state index contributed by atoms with van der Waals surface area (Å²) in [6.45, 7) is 3.08. The Morgan fingerprint density at radius 3 is 2.28 bits per heavy atom. The summed E-state index contributed by atoms with van der Waals surface area (Å²) in [6.07, 6.45) is -4.54. The number of carbonyl (C=O) groups excluding carboxylic acids is 2. The second-order valence-electron chi connectivity index (χ2n) is 4.34. The summed E-state index contributed by atoms with van der Waals surface area (Å²) >= 11 is 0. The van der Waals surface area contributed by atoms with E-state index in [2.05, 4.69) is 10.6 Å². The summed E-state index contributed by atoms with van der Waals surface area (Å²) in [5, 5.41) is 13.2. The van der Waals surface area contributed by atoms with Crippen LogP contribution >= 0.6 is 0 Å².